The normalized spacial score (nSPS) is 15.9. The maximum Gasteiger partial charge on any atom is 0.0962 e. The van der Waals surface area contributed by atoms with Gasteiger partial charge in [0.2, 0.25) is 0 Å². The quantitative estimate of drug-likeness (QED) is 0.752. The van der Waals surface area contributed by atoms with Crippen LogP contribution in [0.25, 0.3) is 0 Å². The van der Waals surface area contributed by atoms with Crippen LogP contribution < -0.4 is 4.90 Å². The van der Waals surface area contributed by atoms with E-state index in [1.54, 1.807) is 11.8 Å². The molecule has 0 spiro atoms. The molecular formula is C15H25N3OS. The van der Waals surface area contributed by atoms with Crippen molar-refractivity contribution in [2.45, 2.75) is 25.4 Å². The first-order chi connectivity index (χ1) is 9.78. The van der Waals surface area contributed by atoms with Gasteiger partial charge >= 0.3 is 0 Å². The lowest BCUT2D eigenvalue weighted by atomic mass is 10.2. The second kappa shape index (κ2) is 7.86. The molecular weight excluding hydrogens is 270 g/mol. The summed E-state index contributed by atoms with van der Waals surface area (Å²) < 4.78 is 5.45. The average Bonchev–Trinajstić information content (AvgIpc) is 2.53. The standard InChI is InChI=1S/C15H25N3OS/c1-4-17(5-2)12-13-14(6-7-15(16-13)20-3)18-8-10-19-11-9-18/h6-7H,4-5,8-12H2,1-3H3. The Hall–Kier alpha value is -0.780. The molecule has 4 nitrogen and oxygen atoms in total. The number of aromatic nitrogens is 1. The lowest BCUT2D eigenvalue weighted by Crippen LogP contribution is -2.37. The number of pyridine rings is 1. The van der Waals surface area contributed by atoms with Crippen LogP contribution in [0.3, 0.4) is 0 Å². The van der Waals surface area contributed by atoms with E-state index < -0.39 is 0 Å². The van der Waals surface area contributed by atoms with Gasteiger partial charge in [-0.2, -0.15) is 0 Å². The van der Waals surface area contributed by atoms with Crippen molar-refractivity contribution in [3.63, 3.8) is 0 Å². The van der Waals surface area contributed by atoms with Gasteiger partial charge in [-0.1, -0.05) is 13.8 Å². The van der Waals surface area contributed by atoms with Crippen LogP contribution in [0, 0.1) is 0 Å². The monoisotopic (exact) mass is 295 g/mol. The van der Waals surface area contributed by atoms with Crippen LogP contribution in [0.15, 0.2) is 17.2 Å². The van der Waals surface area contributed by atoms with E-state index in [1.165, 1.54) is 11.4 Å². The van der Waals surface area contributed by atoms with Crippen molar-refractivity contribution in [3.05, 3.63) is 17.8 Å². The maximum absolute atomic E-state index is 5.45. The van der Waals surface area contributed by atoms with E-state index in [1.807, 2.05) is 0 Å². The molecule has 0 atom stereocenters. The van der Waals surface area contributed by atoms with Gasteiger partial charge in [0, 0.05) is 19.6 Å². The van der Waals surface area contributed by atoms with Gasteiger partial charge in [0.1, 0.15) is 0 Å². The zero-order chi connectivity index (χ0) is 14.4. The average molecular weight is 295 g/mol. The van der Waals surface area contributed by atoms with E-state index in [2.05, 4.69) is 42.0 Å². The molecule has 1 aromatic rings. The molecule has 0 bridgehead atoms. The summed E-state index contributed by atoms with van der Waals surface area (Å²) in [6, 6.07) is 4.35. The van der Waals surface area contributed by atoms with Crippen LogP contribution in [-0.2, 0) is 11.3 Å². The molecule has 2 heterocycles. The summed E-state index contributed by atoms with van der Waals surface area (Å²) in [6.45, 7) is 11.0. The molecule has 0 N–H and O–H groups in total. The Kier molecular flexibility index (Phi) is 6.13. The number of hydrogen-bond donors (Lipinski definition) is 0. The fourth-order valence-electron chi connectivity index (χ4n) is 2.46. The number of hydrogen-bond acceptors (Lipinski definition) is 5. The molecule has 5 heteroatoms. The van der Waals surface area contributed by atoms with Gasteiger partial charge in [-0.25, -0.2) is 4.98 Å². The van der Waals surface area contributed by atoms with Crippen molar-refractivity contribution in [3.8, 4) is 0 Å². The smallest absolute Gasteiger partial charge is 0.0962 e. The minimum Gasteiger partial charge on any atom is -0.378 e. The third-order valence-corrected chi connectivity index (χ3v) is 4.40. The molecule has 112 valence electrons. The molecule has 0 aliphatic carbocycles. The van der Waals surface area contributed by atoms with Gasteiger partial charge < -0.3 is 9.64 Å². The lowest BCUT2D eigenvalue weighted by molar-refractivity contribution is 0.122. The van der Waals surface area contributed by atoms with Crippen LogP contribution in [0.2, 0.25) is 0 Å². The highest BCUT2D eigenvalue weighted by atomic mass is 32.2. The third kappa shape index (κ3) is 3.87. The molecule has 1 fully saturated rings. The van der Waals surface area contributed by atoms with Crippen molar-refractivity contribution in [2.75, 3.05) is 50.5 Å². The first-order valence-corrected chi connectivity index (χ1v) is 8.59. The molecule has 0 radical (unpaired) electrons. The summed E-state index contributed by atoms with van der Waals surface area (Å²) in [7, 11) is 0. The molecule has 0 amide bonds. The number of morpholine rings is 1. The molecule has 2 rings (SSSR count). The second-order valence-electron chi connectivity index (χ2n) is 4.88. The van der Waals surface area contributed by atoms with Gasteiger partial charge in [-0.3, -0.25) is 4.90 Å². The number of rotatable bonds is 6. The Morgan fingerprint density at radius 1 is 1.25 bits per heavy atom. The minimum atomic E-state index is 0.814. The topological polar surface area (TPSA) is 28.6 Å². The highest BCUT2D eigenvalue weighted by Gasteiger charge is 2.17. The Balaban J connectivity index is 2.24. The number of thioether (sulfide) groups is 1. The number of nitrogens with zero attached hydrogens (tertiary/aromatic N) is 3. The summed E-state index contributed by atoms with van der Waals surface area (Å²) in [5, 5.41) is 1.10. The Morgan fingerprint density at radius 3 is 2.55 bits per heavy atom. The third-order valence-electron chi connectivity index (χ3n) is 3.75. The Bertz CT molecular complexity index is 418. The molecule has 0 unspecified atom stereocenters. The van der Waals surface area contributed by atoms with Gasteiger partial charge in [-0.05, 0) is 31.5 Å². The van der Waals surface area contributed by atoms with Gasteiger partial charge in [0.15, 0.2) is 0 Å². The molecule has 0 aromatic carbocycles. The van der Waals surface area contributed by atoms with Crippen LogP contribution in [0.5, 0.6) is 0 Å². The number of anilines is 1. The van der Waals surface area contributed by atoms with E-state index in [0.717, 1.165) is 51.0 Å². The largest absolute Gasteiger partial charge is 0.378 e. The van der Waals surface area contributed by atoms with Crippen LogP contribution in [0.4, 0.5) is 5.69 Å². The second-order valence-corrected chi connectivity index (χ2v) is 5.71. The highest BCUT2D eigenvalue weighted by molar-refractivity contribution is 7.98. The maximum atomic E-state index is 5.45. The zero-order valence-electron chi connectivity index (χ0n) is 12.8. The van der Waals surface area contributed by atoms with Gasteiger partial charge in [0.05, 0.1) is 29.6 Å². The Morgan fingerprint density at radius 2 is 1.95 bits per heavy atom. The van der Waals surface area contributed by atoms with Crippen LogP contribution in [0.1, 0.15) is 19.5 Å². The molecule has 20 heavy (non-hydrogen) atoms. The van der Waals surface area contributed by atoms with Gasteiger partial charge in [0.25, 0.3) is 0 Å². The van der Waals surface area contributed by atoms with E-state index in [0.29, 0.717) is 0 Å². The predicted molar refractivity (Wildman–Crippen MR) is 85.7 cm³/mol. The number of ether oxygens (including phenoxy) is 1. The van der Waals surface area contributed by atoms with Crippen molar-refractivity contribution in [1.82, 2.24) is 9.88 Å². The van der Waals surface area contributed by atoms with E-state index in [-0.39, 0.29) is 0 Å². The van der Waals surface area contributed by atoms with E-state index in [4.69, 9.17) is 9.72 Å². The van der Waals surface area contributed by atoms with Crippen molar-refractivity contribution < 1.29 is 4.74 Å². The molecule has 1 saturated heterocycles. The van der Waals surface area contributed by atoms with E-state index >= 15 is 0 Å². The first kappa shape index (κ1) is 15.6. The summed E-state index contributed by atoms with van der Waals surface area (Å²) >= 11 is 1.71. The van der Waals surface area contributed by atoms with Gasteiger partial charge in [-0.15, -0.1) is 11.8 Å². The first-order valence-electron chi connectivity index (χ1n) is 7.37. The minimum absolute atomic E-state index is 0.814. The fraction of sp³-hybridized carbons (Fsp3) is 0.667. The Labute approximate surface area is 126 Å². The summed E-state index contributed by atoms with van der Waals surface area (Å²) in [4.78, 5) is 9.66. The van der Waals surface area contributed by atoms with Crippen LogP contribution in [-0.4, -0.2) is 55.5 Å². The highest BCUT2D eigenvalue weighted by Crippen LogP contribution is 2.25. The zero-order valence-corrected chi connectivity index (χ0v) is 13.6. The van der Waals surface area contributed by atoms with Crippen molar-refractivity contribution >= 4 is 17.4 Å². The molecule has 0 saturated carbocycles. The molecule has 1 aliphatic heterocycles. The van der Waals surface area contributed by atoms with Crippen molar-refractivity contribution in [1.29, 1.82) is 0 Å². The van der Waals surface area contributed by atoms with Crippen molar-refractivity contribution in [2.24, 2.45) is 0 Å². The molecule has 1 aliphatic rings. The summed E-state index contributed by atoms with van der Waals surface area (Å²) in [5.74, 6) is 0. The molecule has 1 aromatic heterocycles. The summed E-state index contributed by atoms with van der Waals surface area (Å²) in [5.41, 5.74) is 2.47. The summed E-state index contributed by atoms with van der Waals surface area (Å²) in [6.07, 6.45) is 2.08. The predicted octanol–water partition coefficient (Wildman–Crippen LogP) is 2.48. The van der Waals surface area contributed by atoms with E-state index in [9.17, 15) is 0 Å². The SMILES string of the molecule is CCN(CC)Cc1nc(SC)ccc1N1CCOCC1. The lowest BCUT2D eigenvalue weighted by Gasteiger charge is -2.31. The fourth-order valence-corrected chi connectivity index (χ4v) is 2.86. The van der Waals surface area contributed by atoms with Crippen LogP contribution >= 0.6 is 11.8 Å².